The molecule has 3 aromatic heterocycles. The molecule has 170 valence electrons. The Balaban J connectivity index is 1.37. The molecule has 8 heteroatoms. The summed E-state index contributed by atoms with van der Waals surface area (Å²) in [6, 6.07) is 17.5. The monoisotopic (exact) mass is 455 g/mol. The summed E-state index contributed by atoms with van der Waals surface area (Å²) in [6.07, 6.45) is 4.28. The number of nitrogens with zero attached hydrogens (tertiary/aromatic N) is 2. The number of para-hydroxylation sites is 1. The SMILES string of the molecule is O=C(NCc1ccc(F)cc1)c1nc(NCCc2c[nH]c3ccccc23)c2cccnc2c1O. The molecule has 1 amide bonds. The van der Waals surface area contributed by atoms with Gasteiger partial charge in [0.2, 0.25) is 0 Å². The Morgan fingerprint density at radius 2 is 1.82 bits per heavy atom. The van der Waals surface area contributed by atoms with Crippen LogP contribution in [0, 0.1) is 5.82 Å². The second kappa shape index (κ2) is 9.19. The van der Waals surface area contributed by atoms with Gasteiger partial charge in [-0.1, -0.05) is 30.3 Å². The first-order valence-corrected chi connectivity index (χ1v) is 10.9. The van der Waals surface area contributed by atoms with E-state index in [1.165, 1.54) is 17.7 Å². The largest absolute Gasteiger partial charge is 0.504 e. The van der Waals surface area contributed by atoms with Gasteiger partial charge in [-0.3, -0.25) is 9.78 Å². The number of nitrogens with one attached hydrogen (secondary N) is 3. The van der Waals surface area contributed by atoms with Crippen molar-refractivity contribution in [3.8, 4) is 5.75 Å². The molecule has 7 nitrogen and oxygen atoms in total. The second-order valence-electron chi connectivity index (χ2n) is 7.90. The van der Waals surface area contributed by atoms with E-state index in [-0.39, 0.29) is 23.8 Å². The maximum absolute atomic E-state index is 13.1. The standard InChI is InChI=1S/C26H22FN5O2/c27-18-9-7-16(8-10-18)14-31-26(34)23-24(33)22-20(5-3-12-28-22)25(32-23)29-13-11-17-15-30-21-6-2-1-4-19(17)21/h1-10,12,15,30,33H,11,13-14H2,(H,29,32)(H,31,34). The van der Waals surface area contributed by atoms with Gasteiger partial charge in [-0.15, -0.1) is 0 Å². The molecule has 0 fully saturated rings. The minimum Gasteiger partial charge on any atom is -0.504 e. The number of H-pyrrole nitrogens is 1. The number of carbonyl (C=O) groups excluding carboxylic acids is 1. The van der Waals surface area contributed by atoms with Crippen LogP contribution in [0.1, 0.15) is 21.6 Å². The number of rotatable bonds is 7. The number of pyridine rings is 2. The molecule has 0 spiro atoms. The zero-order valence-electron chi connectivity index (χ0n) is 18.2. The van der Waals surface area contributed by atoms with Crippen molar-refractivity contribution >= 4 is 33.5 Å². The predicted molar refractivity (Wildman–Crippen MR) is 129 cm³/mol. The maximum Gasteiger partial charge on any atom is 0.274 e. The lowest BCUT2D eigenvalue weighted by atomic mass is 10.1. The first kappa shape index (κ1) is 21.4. The molecule has 3 heterocycles. The van der Waals surface area contributed by atoms with Crippen molar-refractivity contribution in [2.24, 2.45) is 0 Å². The lowest BCUT2D eigenvalue weighted by molar-refractivity contribution is 0.0943. The molecule has 0 aliphatic carbocycles. The summed E-state index contributed by atoms with van der Waals surface area (Å²) in [7, 11) is 0. The minimum absolute atomic E-state index is 0.122. The number of hydrogen-bond acceptors (Lipinski definition) is 5. The first-order valence-electron chi connectivity index (χ1n) is 10.9. The zero-order chi connectivity index (χ0) is 23.5. The van der Waals surface area contributed by atoms with E-state index in [1.54, 1.807) is 30.5 Å². The van der Waals surface area contributed by atoms with Crippen LogP contribution in [0.2, 0.25) is 0 Å². The number of benzene rings is 2. The van der Waals surface area contributed by atoms with E-state index in [2.05, 4.69) is 31.7 Å². The van der Waals surface area contributed by atoms with Crippen molar-refractivity contribution in [2.75, 3.05) is 11.9 Å². The van der Waals surface area contributed by atoms with Gasteiger partial charge in [-0.25, -0.2) is 9.37 Å². The maximum atomic E-state index is 13.1. The van der Waals surface area contributed by atoms with Crippen molar-refractivity contribution in [2.45, 2.75) is 13.0 Å². The molecule has 0 unspecified atom stereocenters. The number of anilines is 1. The van der Waals surface area contributed by atoms with Gasteiger partial charge in [0, 0.05) is 41.8 Å². The van der Waals surface area contributed by atoms with E-state index in [1.807, 2.05) is 24.4 Å². The molecular formula is C26H22FN5O2. The lowest BCUT2D eigenvalue weighted by Crippen LogP contribution is -2.24. The minimum atomic E-state index is -0.547. The van der Waals surface area contributed by atoms with Gasteiger partial charge < -0.3 is 20.7 Å². The van der Waals surface area contributed by atoms with Crippen LogP contribution in [0.15, 0.2) is 73.1 Å². The van der Waals surface area contributed by atoms with E-state index in [0.29, 0.717) is 23.3 Å². The van der Waals surface area contributed by atoms with Crippen LogP contribution in [0.4, 0.5) is 10.2 Å². The molecular weight excluding hydrogens is 433 g/mol. The Morgan fingerprint density at radius 1 is 1.03 bits per heavy atom. The number of aromatic hydroxyl groups is 1. The Hall–Kier alpha value is -4.46. The summed E-state index contributed by atoms with van der Waals surface area (Å²) >= 11 is 0. The second-order valence-corrected chi connectivity index (χ2v) is 7.90. The lowest BCUT2D eigenvalue weighted by Gasteiger charge is -2.13. The summed E-state index contributed by atoms with van der Waals surface area (Å²) in [5, 5.41) is 18.5. The van der Waals surface area contributed by atoms with Gasteiger partial charge in [-0.2, -0.15) is 0 Å². The summed E-state index contributed by atoms with van der Waals surface area (Å²) in [4.78, 5) is 24.8. The van der Waals surface area contributed by atoms with Crippen molar-refractivity contribution in [3.63, 3.8) is 0 Å². The number of aromatic nitrogens is 3. The fraction of sp³-hybridized carbons (Fsp3) is 0.115. The summed E-state index contributed by atoms with van der Waals surface area (Å²) in [5.41, 5.74) is 3.14. The number of halogens is 1. The smallest absolute Gasteiger partial charge is 0.274 e. The molecule has 5 rings (SSSR count). The Morgan fingerprint density at radius 3 is 2.68 bits per heavy atom. The Kier molecular flexibility index (Phi) is 5.78. The fourth-order valence-electron chi connectivity index (χ4n) is 3.94. The third kappa shape index (κ3) is 4.25. The zero-order valence-corrected chi connectivity index (χ0v) is 18.2. The molecule has 0 aliphatic heterocycles. The number of amides is 1. The molecule has 0 saturated heterocycles. The highest BCUT2D eigenvalue weighted by atomic mass is 19.1. The quantitative estimate of drug-likeness (QED) is 0.289. The normalized spacial score (nSPS) is 11.1. The predicted octanol–water partition coefficient (Wildman–Crippen LogP) is 4.54. The molecule has 34 heavy (non-hydrogen) atoms. The summed E-state index contributed by atoms with van der Waals surface area (Å²) < 4.78 is 13.1. The average Bonchev–Trinajstić information content (AvgIpc) is 3.28. The van der Waals surface area contributed by atoms with Gasteiger partial charge in [0.15, 0.2) is 11.4 Å². The molecule has 0 bridgehead atoms. The Bertz CT molecular complexity index is 1480. The summed E-state index contributed by atoms with van der Waals surface area (Å²) in [5.74, 6) is -0.713. The molecule has 5 aromatic rings. The number of fused-ring (bicyclic) bond motifs is 2. The van der Waals surface area contributed by atoms with Crippen LogP contribution in [-0.2, 0) is 13.0 Å². The van der Waals surface area contributed by atoms with Crippen LogP contribution in [0.25, 0.3) is 21.8 Å². The molecule has 0 radical (unpaired) electrons. The van der Waals surface area contributed by atoms with Gasteiger partial charge >= 0.3 is 0 Å². The number of carbonyl (C=O) groups is 1. The van der Waals surface area contributed by atoms with Crippen LogP contribution >= 0.6 is 0 Å². The summed E-state index contributed by atoms with van der Waals surface area (Å²) in [6.45, 7) is 0.740. The van der Waals surface area contributed by atoms with Gasteiger partial charge in [-0.05, 0) is 47.9 Å². The highest BCUT2D eigenvalue weighted by Crippen LogP contribution is 2.30. The van der Waals surface area contributed by atoms with Gasteiger partial charge in [0.1, 0.15) is 17.2 Å². The number of hydrogen-bond donors (Lipinski definition) is 4. The van der Waals surface area contributed by atoms with E-state index < -0.39 is 5.91 Å². The third-order valence-electron chi connectivity index (χ3n) is 5.68. The van der Waals surface area contributed by atoms with Crippen LogP contribution in [-0.4, -0.2) is 32.5 Å². The van der Waals surface area contributed by atoms with Crippen molar-refractivity contribution < 1.29 is 14.3 Å². The van der Waals surface area contributed by atoms with Gasteiger partial charge in [0.05, 0.1) is 0 Å². The molecule has 0 saturated carbocycles. The van der Waals surface area contributed by atoms with Gasteiger partial charge in [0.25, 0.3) is 5.91 Å². The first-order chi connectivity index (χ1) is 16.6. The van der Waals surface area contributed by atoms with Crippen molar-refractivity contribution in [3.05, 3.63) is 95.7 Å². The third-order valence-corrected chi connectivity index (χ3v) is 5.68. The number of aromatic amines is 1. The molecule has 0 atom stereocenters. The topological polar surface area (TPSA) is 103 Å². The molecule has 2 aromatic carbocycles. The van der Waals surface area contributed by atoms with Crippen molar-refractivity contribution in [1.82, 2.24) is 20.3 Å². The molecule has 0 aliphatic rings. The van der Waals surface area contributed by atoms with E-state index in [4.69, 9.17) is 0 Å². The molecule has 4 N–H and O–H groups in total. The Labute approximate surface area is 194 Å². The van der Waals surface area contributed by atoms with Crippen LogP contribution < -0.4 is 10.6 Å². The average molecular weight is 455 g/mol. The highest BCUT2D eigenvalue weighted by molar-refractivity contribution is 6.03. The highest BCUT2D eigenvalue weighted by Gasteiger charge is 2.20. The van der Waals surface area contributed by atoms with E-state index in [0.717, 1.165) is 22.9 Å². The van der Waals surface area contributed by atoms with E-state index >= 15 is 0 Å². The van der Waals surface area contributed by atoms with E-state index in [9.17, 15) is 14.3 Å². The van der Waals surface area contributed by atoms with Crippen LogP contribution in [0.3, 0.4) is 0 Å². The fourth-order valence-corrected chi connectivity index (χ4v) is 3.94. The van der Waals surface area contributed by atoms with Crippen LogP contribution in [0.5, 0.6) is 5.75 Å². The van der Waals surface area contributed by atoms with Crippen molar-refractivity contribution in [1.29, 1.82) is 0 Å².